The average Bonchev–Trinajstić information content (AvgIpc) is 3.14. The lowest BCUT2D eigenvalue weighted by atomic mass is 10.00. The molecule has 0 spiro atoms. The van der Waals surface area contributed by atoms with Crippen LogP contribution in [0.3, 0.4) is 0 Å². The second-order valence-corrected chi connectivity index (χ2v) is 8.19. The summed E-state index contributed by atoms with van der Waals surface area (Å²) in [6.45, 7) is 2.68. The van der Waals surface area contributed by atoms with Crippen molar-refractivity contribution in [3.05, 3.63) is 53.5 Å². The second-order valence-electron chi connectivity index (χ2n) is 6.42. The first-order chi connectivity index (χ1) is 12.4. The Kier molecular flexibility index (Phi) is 5.45. The summed E-state index contributed by atoms with van der Waals surface area (Å²) in [6, 6.07) is 8.27. The lowest BCUT2D eigenvalue weighted by Crippen LogP contribution is -2.36. The van der Waals surface area contributed by atoms with Gasteiger partial charge in [0.05, 0.1) is 17.3 Å². The van der Waals surface area contributed by atoms with Gasteiger partial charge >= 0.3 is 0 Å². The van der Waals surface area contributed by atoms with Crippen molar-refractivity contribution in [3.63, 3.8) is 0 Å². The minimum atomic E-state index is -3.65. The number of hydrogen-bond acceptors (Lipinski definition) is 5. The first-order valence-corrected chi connectivity index (χ1v) is 9.97. The third-order valence-electron chi connectivity index (χ3n) is 4.37. The van der Waals surface area contributed by atoms with Crippen LogP contribution in [0.25, 0.3) is 0 Å². The van der Waals surface area contributed by atoms with Crippen LogP contribution < -0.4 is 4.72 Å². The SMILES string of the molecule is C[C@H](O)CCNS(=O)(=O)c1ccc2c(c1)CN(C(=O)c1ccco1)CC2. The normalized spacial score (nSPS) is 15.5. The van der Waals surface area contributed by atoms with Crippen LogP contribution in [0.1, 0.15) is 35.0 Å². The summed E-state index contributed by atoms with van der Waals surface area (Å²) < 4.78 is 32.5. The van der Waals surface area contributed by atoms with E-state index in [0.29, 0.717) is 25.9 Å². The smallest absolute Gasteiger partial charge is 0.289 e. The lowest BCUT2D eigenvalue weighted by Gasteiger charge is -2.28. The molecule has 1 amide bonds. The van der Waals surface area contributed by atoms with Gasteiger partial charge in [0, 0.05) is 19.6 Å². The fraction of sp³-hybridized carbons (Fsp3) is 0.389. The van der Waals surface area contributed by atoms with E-state index in [2.05, 4.69) is 4.72 Å². The minimum Gasteiger partial charge on any atom is -0.459 e. The van der Waals surface area contributed by atoms with Crippen molar-refractivity contribution in [1.29, 1.82) is 0 Å². The Balaban J connectivity index is 1.76. The number of aliphatic hydroxyl groups is 1. The first kappa shape index (κ1) is 18.6. The second kappa shape index (κ2) is 7.61. The number of sulfonamides is 1. The van der Waals surface area contributed by atoms with Gasteiger partial charge in [-0.25, -0.2) is 13.1 Å². The molecule has 1 aromatic heterocycles. The van der Waals surface area contributed by atoms with Crippen LogP contribution in [0.2, 0.25) is 0 Å². The maximum absolute atomic E-state index is 12.4. The third kappa shape index (κ3) is 4.14. The van der Waals surface area contributed by atoms with Gasteiger partial charge in [-0.05, 0) is 55.2 Å². The summed E-state index contributed by atoms with van der Waals surface area (Å²) in [7, 11) is -3.65. The highest BCUT2D eigenvalue weighted by molar-refractivity contribution is 7.89. The Morgan fingerprint density at radius 1 is 1.35 bits per heavy atom. The van der Waals surface area contributed by atoms with E-state index in [1.807, 2.05) is 0 Å². The molecule has 2 N–H and O–H groups in total. The van der Waals surface area contributed by atoms with Crippen LogP contribution in [-0.4, -0.2) is 43.5 Å². The summed E-state index contributed by atoms with van der Waals surface area (Å²) in [5.41, 5.74) is 1.85. The van der Waals surface area contributed by atoms with Crippen molar-refractivity contribution in [2.45, 2.75) is 37.3 Å². The topological polar surface area (TPSA) is 99.9 Å². The van der Waals surface area contributed by atoms with Crippen molar-refractivity contribution in [2.75, 3.05) is 13.1 Å². The number of carbonyl (C=O) groups excluding carboxylic acids is 1. The minimum absolute atomic E-state index is 0.161. The van der Waals surface area contributed by atoms with Crippen LogP contribution in [-0.2, 0) is 23.0 Å². The van der Waals surface area contributed by atoms with Crippen molar-refractivity contribution in [1.82, 2.24) is 9.62 Å². The zero-order chi connectivity index (χ0) is 18.7. The maximum Gasteiger partial charge on any atom is 0.289 e. The Morgan fingerprint density at radius 2 is 2.15 bits per heavy atom. The van der Waals surface area contributed by atoms with E-state index in [0.717, 1.165) is 11.1 Å². The standard InChI is InChI=1S/C18H22N2O5S/c1-13(21)6-8-19-26(23,24)16-5-4-14-7-9-20(12-15(14)11-16)18(22)17-3-2-10-25-17/h2-5,10-11,13,19,21H,6-9,12H2,1H3/t13-/m0/s1. The van der Waals surface area contributed by atoms with E-state index >= 15 is 0 Å². The summed E-state index contributed by atoms with van der Waals surface area (Å²) in [5.74, 6) is 0.0704. The molecule has 1 aliphatic rings. The number of benzene rings is 1. The van der Waals surface area contributed by atoms with Gasteiger partial charge in [0.1, 0.15) is 0 Å². The summed E-state index contributed by atoms with van der Waals surface area (Å²) >= 11 is 0. The van der Waals surface area contributed by atoms with Gasteiger partial charge < -0.3 is 14.4 Å². The summed E-state index contributed by atoms with van der Waals surface area (Å²) in [5, 5.41) is 9.26. The fourth-order valence-electron chi connectivity index (χ4n) is 2.92. The van der Waals surface area contributed by atoms with Gasteiger partial charge in [0.15, 0.2) is 5.76 Å². The Morgan fingerprint density at radius 3 is 2.85 bits per heavy atom. The molecule has 3 rings (SSSR count). The molecule has 2 heterocycles. The van der Waals surface area contributed by atoms with E-state index in [1.54, 1.807) is 42.2 Å². The quantitative estimate of drug-likeness (QED) is 0.794. The molecule has 1 aliphatic heterocycles. The number of carbonyl (C=O) groups is 1. The van der Waals surface area contributed by atoms with E-state index in [-0.39, 0.29) is 23.1 Å². The largest absolute Gasteiger partial charge is 0.459 e. The molecule has 8 heteroatoms. The summed E-state index contributed by atoms with van der Waals surface area (Å²) in [4.78, 5) is 14.2. The zero-order valence-electron chi connectivity index (χ0n) is 14.5. The molecule has 0 radical (unpaired) electrons. The highest BCUT2D eigenvalue weighted by atomic mass is 32.2. The monoisotopic (exact) mass is 378 g/mol. The molecule has 0 saturated carbocycles. The van der Waals surface area contributed by atoms with Crippen molar-refractivity contribution in [3.8, 4) is 0 Å². The molecule has 1 aromatic carbocycles. The number of nitrogens with zero attached hydrogens (tertiary/aromatic N) is 1. The molecule has 7 nitrogen and oxygen atoms in total. The molecule has 1 atom stereocenters. The Bertz CT molecular complexity index is 875. The molecule has 140 valence electrons. The molecule has 0 saturated heterocycles. The van der Waals surface area contributed by atoms with Crippen molar-refractivity contribution >= 4 is 15.9 Å². The van der Waals surface area contributed by atoms with Gasteiger partial charge in [-0.1, -0.05) is 6.07 Å². The highest BCUT2D eigenvalue weighted by Gasteiger charge is 2.25. The van der Waals surface area contributed by atoms with E-state index in [4.69, 9.17) is 4.42 Å². The molecule has 0 fully saturated rings. The van der Waals surface area contributed by atoms with Crippen LogP contribution in [0.15, 0.2) is 45.9 Å². The van der Waals surface area contributed by atoms with Crippen LogP contribution >= 0.6 is 0 Å². The van der Waals surface area contributed by atoms with E-state index in [9.17, 15) is 18.3 Å². The third-order valence-corrected chi connectivity index (χ3v) is 5.83. The number of nitrogens with one attached hydrogen (secondary N) is 1. The molecule has 2 aromatic rings. The predicted molar refractivity (Wildman–Crippen MR) is 95.1 cm³/mol. The lowest BCUT2D eigenvalue weighted by molar-refractivity contribution is 0.0702. The Labute approximate surface area is 152 Å². The molecular formula is C18H22N2O5S. The number of amides is 1. The highest BCUT2D eigenvalue weighted by Crippen LogP contribution is 2.24. The molecule has 0 aliphatic carbocycles. The maximum atomic E-state index is 12.4. The first-order valence-electron chi connectivity index (χ1n) is 8.49. The fourth-order valence-corrected chi connectivity index (χ4v) is 4.01. The number of rotatable bonds is 6. The van der Waals surface area contributed by atoms with Crippen LogP contribution in [0, 0.1) is 0 Å². The number of fused-ring (bicyclic) bond motifs is 1. The average molecular weight is 378 g/mol. The van der Waals surface area contributed by atoms with Crippen molar-refractivity contribution < 1.29 is 22.7 Å². The summed E-state index contributed by atoms with van der Waals surface area (Å²) in [6.07, 6.45) is 1.89. The van der Waals surface area contributed by atoms with Gasteiger partial charge in [-0.2, -0.15) is 0 Å². The van der Waals surface area contributed by atoms with Crippen LogP contribution in [0.4, 0.5) is 0 Å². The predicted octanol–water partition coefficient (Wildman–Crippen LogP) is 1.53. The Hall–Kier alpha value is -2.16. The van der Waals surface area contributed by atoms with Gasteiger partial charge in [-0.3, -0.25) is 4.79 Å². The van der Waals surface area contributed by atoms with Crippen molar-refractivity contribution in [2.24, 2.45) is 0 Å². The zero-order valence-corrected chi connectivity index (χ0v) is 15.3. The molecule has 26 heavy (non-hydrogen) atoms. The van der Waals surface area contributed by atoms with Gasteiger partial charge in [-0.15, -0.1) is 0 Å². The van der Waals surface area contributed by atoms with E-state index < -0.39 is 16.1 Å². The van der Waals surface area contributed by atoms with Gasteiger partial charge in [0.2, 0.25) is 10.0 Å². The molecule has 0 unspecified atom stereocenters. The van der Waals surface area contributed by atoms with Crippen LogP contribution in [0.5, 0.6) is 0 Å². The van der Waals surface area contributed by atoms with E-state index in [1.165, 1.54) is 6.26 Å². The molecular weight excluding hydrogens is 356 g/mol. The van der Waals surface area contributed by atoms with Gasteiger partial charge in [0.25, 0.3) is 5.91 Å². The molecule has 0 bridgehead atoms. The number of furan rings is 1. The number of aliphatic hydroxyl groups excluding tert-OH is 1. The number of hydrogen-bond donors (Lipinski definition) is 2.